The Kier molecular flexibility index (Phi) is 6.52. The Morgan fingerprint density at radius 2 is 2.10 bits per heavy atom. The van der Waals surface area contributed by atoms with E-state index < -0.39 is 17.9 Å². The van der Waals surface area contributed by atoms with Gasteiger partial charge in [-0.15, -0.1) is 6.42 Å². The third-order valence-electron chi connectivity index (χ3n) is 4.19. The van der Waals surface area contributed by atoms with Crippen LogP contribution in [0.5, 0.6) is 11.5 Å². The number of rotatable bonds is 7. The fourth-order valence-electron chi connectivity index (χ4n) is 2.82. The molecule has 0 atom stereocenters. The summed E-state index contributed by atoms with van der Waals surface area (Å²) in [7, 11) is 2.65. The molecule has 2 heterocycles. The van der Waals surface area contributed by atoms with Gasteiger partial charge in [0.1, 0.15) is 18.1 Å². The number of nitrogens with one attached hydrogen (secondary N) is 1. The van der Waals surface area contributed by atoms with Gasteiger partial charge in [0.15, 0.2) is 11.5 Å². The highest BCUT2D eigenvalue weighted by Crippen LogP contribution is 2.36. The Morgan fingerprint density at radius 1 is 1.32 bits per heavy atom. The molecule has 0 aliphatic carbocycles. The number of halogens is 1. The molecule has 9 nitrogen and oxygen atoms in total. The molecule has 31 heavy (non-hydrogen) atoms. The van der Waals surface area contributed by atoms with Crippen molar-refractivity contribution in [3.8, 4) is 23.8 Å². The third-order valence-corrected chi connectivity index (χ3v) is 4.41. The first-order chi connectivity index (χ1) is 14.9. The van der Waals surface area contributed by atoms with Crippen molar-refractivity contribution in [3.63, 3.8) is 0 Å². The maximum atomic E-state index is 12.8. The first kappa shape index (κ1) is 21.8. The summed E-state index contributed by atoms with van der Waals surface area (Å²) in [6.07, 6.45) is 6.66. The summed E-state index contributed by atoms with van der Waals surface area (Å²) in [5, 5.41) is 2.82. The summed E-state index contributed by atoms with van der Waals surface area (Å²) in [5.41, 5.74) is 0.371. The second-order valence-electron chi connectivity index (χ2n) is 6.16. The molecule has 1 fully saturated rings. The molecule has 3 rings (SSSR count). The predicted molar refractivity (Wildman–Crippen MR) is 109 cm³/mol. The van der Waals surface area contributed by atoms with E-state index in [-0.39, 0.29) is 36.1 Å². The van der Waals surface area contributed by atoms with Gasteiger partial charge in [0.25, 0.3) is 5.91 Å². The molecule has 1 N–H and O–H groups in total. The van der Waals surface area contributed by atoms with Crippen LogP contribution >= 0.6 is 11.6 Å². The minimum atomic E-state index is -0.668. The van der Waals surface area contributed by atoms with E-state index in [1.165, 1.54) is 38.5 Å². The Labute approximate surface area is 182 Å². The maximum absolute atomic E-state index is 12.8. The minimum Gasteiger partial charge on any atom is -0.493 e. The lowest BCUT2D eigenvalue weighted by Gasteiger charge is -2.13. The van der Waals surface area contributed by atoms with Gasteiger partial charge in [0.05, 0.1) is 20.8 Å². The van der Waals surface area contributed by atoms with E-state index in [2.05, 4.69) is 16.0 Å². The monoisotopic (exact) mass is 444 g/mol. The van der Waals surface area contributed by atoms with E-state index >= 15 is 0 Å². The number of hydrogen-bond acceptors (Lipinski definition) is 7. The number of furan rings is 1. The normalized spacial score (nSPS) is 14.4. The van der Waals surface area contributed by atoms with E-state index in [0.29, 0.717) is 16.3 Å². The largest absolute Gasteiger partial charge is 0.493 e. The van der Waals surface area contributed by atoms with Gasteiger partial charge >= 0.3 is 12.0 Å². The molecule has 160 valence electrons. The lowest BCUT2D eigenvalue weighted by atomic mass is 10.1. The number of amides is 3. The molecule has 1 saturated heterocycles. The summed E-state index contributed by atoms with van der Waals surface area (Å²) >= 11 is 6.12. The molecule has 0 spiro atoms. The van der Waals surface area contributed by atoms with Crippen molar-refractivity contribution in [3.05, 3.63) is 52.1 Å². The number of nitrogens with zero attached hydrogens (tertiary/aromatic N) is 1. The van der Waals surface area contributed by atoms with Crippen LogP contribution in [0.1, 0.15) is 21.9 Å². The lowest BCUT2D eigenvalue weighted by molar-refractivity contribution is -0.123. The molecule has 1 aliphatic heterocycles. The molecular weight excluding hydrogens is 428 g/mol. The second kappa shape index (κ2) is 9.28. The SMILES string of the molecule is C#CCOc1c(C=C2NC(=O)N(Cc3ccc(C(=O)OC)o3)C2=O)cc(Cl)cc1OC. The van der Waals surface area contributed by atoms with Gasteiger partial charge in [-0.25, -0.2) is 9.59 Å². The van der Waals surface area contributed by atoms with Crippen LogP contribution < -0.4 is 14.8 Å². The molecule has 1 aromatic heterocycles. The van der Waals surface area contributed by atoms with Crippen LogP contribution in [-0.2, 0) is 16.1 Å². The molecule has 0 unspecified atom stereocenters. The number of carbonyl (C=O) groups excluding carboxylic acids is 3. The van der Waals surface area contributed by atoms with Crippen molar-refractivity contribution >= 4 is 35.6 Å². The van der Waals surface area contributed by atoms with Crippen LogP contribution in [-0.4, -0.2) is 43.6 Å². The van der Waals surface area contributed by atoms with Crippen LogP contribution in [0, 0.1) is 12.3 Å². The van der Waals surface area contributed by atoms with Crippen LogP contribution in [0.2, 0.25) is 5.02 Å². The zero-order valence-electron chi connectivity index (χ0n) is 16.6. The number of terminal acetylenes is 1. The predicted octanol–water partition coefficient (Wildman–Crippen LogP) is 2.83. The maximum Gasteiger partial charge on any atom is 0.373 e. The van der Waals surface area contributed by atoms with Gasteiger partial charge in [0, 0.05) is 16.7 Å². The van der Waals surface area contributed by atoms with Crippen LogP contribution in [0.4, 0.5) is 4.79 Å². The number of benzene rings is 1. The van der Waals surface area contributed by atoms with Crippen molar-refractivity contribution < 1.29 is 33.0 Å². The number of carbonyl (C=O) groups is 3. The summed E-state index contributed by atoms with van der Waals surface area (Å²) in [4.78, 5) is 37.6. The highest BCUT2D eigenvalue weighted by molar-refractivity contribution is 6.31. The Balaban J connectivity index is 1.88. The number of urea groups is 1. The molecule has 1 aromatic carbocycles. The van der Waals surface area contributed by atoms with Gasteiger partial charge in [0.2, 0.25) is 5.76 Å². The summed E-state index contributed by atoms with van der Waals surface area (Å²) in [5.74, 6) is 1.84. The van der Waals surface area contributed by atoms with Crippen LogP contribution in [0.15, 0.2) is 34.4 Å². The molecule has 1 aliphatic rings. The Morgan fingerprint density at radius 3 is 2.77 bits per heavy atom. The lowest BCUT2D eigenvalue weighted by Crippen LogP contribution is -2.30. The van der Waals surface area contributed by atoms with E-state index in [9.17, 15) is 14.4 Å². The van der Waals surface area contributed by atoms with Crippen molar-refractivity contribution in [1.82, 2.24) is 10.2 Å². The second-order valence-corrected chi connectivity index (χ2v) is 6.59. The topological polar surface area (TPSA) is 107 Å². The molecule has 0 radical (unpaired) electrons. The Hall–Kier alpha value is -3.90. The zero-order valence-corrected chi connectivity index (χ0v) is 17.3. The average molecular weight is 445 g/mol. The third kappa shape index (κ3) is 4.65. The number of hydrogen-bond donors (Lipinski definition) is 1. The highest BCUT2D eigenvalue weighted by Gasteiger charge is 2.34. The number of methoxy groups -OCH3 is 2. The molecule has 0 bridgehead atoms. The fraction of sp³-hybridized carbons (Fsp3) is 0.190. The van der Waals surface area contributed by atoms with Gasteiger partial charge in [-0.2, -0.15) is 0 Å². The molecular formula is C21H17ClN2O7. The first-order valence-electron chi connectivity index (χ1n) is 8.83. The molecule has 2 aromatic rings. The van der Waals surface area contributed by atoms with Gasteiger partial charge < -0.3 is 23.9 Å². The molecule has 0 saturated carbocycles. The van der Waals surface area contributed by atoms with E-state index in [1.54, 1.807) is 6.07 Å². The highest BCUT2D eigenvalue weighted by atomic mass is 35.5. The van der Waals surface area contributed by atoms with Crippen molar-refractivity contribution in [2.75, 3.05) is 20.8 Å². The van der Waals surface area contributed by atoms with Gasteiger partial charge in [-0.3, -0.25) is 9.69 Å². The van der Waals surface area contributed by atoms with Crippen LogP contribution in [0.3, 0.4) is 0 Å². The van der Waals surface area contributed by atoms with Crippen LogP contribution in [0.25, 0.3) is 6.08 Å². The average Bonchev–Trinajstić information content (AvgIpc) is 3.32. The van der Waals surface area contributed by atoms with Crippen molar-refractivity contribution in [2.24, 2.45) is 0 Å². The fourth-order valence-corrected chi connectivity index (χ4v) is 3.03. The quantitative estimate of drug-likeness (QED) is 0.303. The van der Waals surface area contributed by atoms with E-state index in [0.717, 1.165) is 4.90 Å². The number of imide groups is 1. The summed E-state index contributed by atoms with van der Waals surface area (Å²) < 4.78 is 20.7. The van der Waals surface area contributed by atoms with Crippen molar-refractivity contribution in [1.29, 1.82) is 0 Å². The standard InChI is InChI=1S/C21H17ClN2O7/c1-4-7-30-18-12(8-13(22)10-17(18)28-2)9-15-19(25)24(21(27)23-15)11-14-5-6-16(31-14)20(26)29-3/h1,5-6,8-10H,7,11H2,2-3H3,(H,23,27). The summed E-state index contributed by atoms with van der Waals surface area (Å²) in [6, 6.07) is 5.28. The molecule has 10 heteroatoms. The first-order valence-corrected chi connectivity index (χ1v) is 9.21. The van der Waals surface area contributed by atoms with Crippen molar-refractivity contribution in [2.45, 2.75) is 6.54 Å². The molecule has 3 amide bonds. The number of ether oxygens (including phenoxy) is 3. The van der Waals surface area contributed by atoms with E-state index in [4.69, 9.17) is 31.9 Å². The van der Waals surface area contributed by atoms with Gasteiger partial charge in [-0.05, 0) is 24.3 Å². The Bertz CT molecular complexity index is 1110. The van der Waals surface area contributed by atoms with Gasteiger partial charge in [-0.1, -0.05) is 17.5 Å². The smallest absolute Gasteiger partial charge is 0.373 e. The van der Waals surface area contributed by atoms with E-state index in [1.807, 2.05) is 0 Å². The minimum absolute atomic E-state index is 0.0142. The number of esters is 1. The zero-order chi connectivity index (χ0) is 22.5. The summed E-state index contributed by atoms with van der Waals surface area (Å²) in [6.45, 7) is -0.222.